The van der Waals surface area contributed by atoms with E-state index in [4.69, 9.17) is 4.74 Å². The fourth-order valence-corrected chi connectivity index (χ4v) is 0.833. The molecule has 0 atom stereocenters. The van der Waals surface area contributed by atoms with Gasteiger partial charge in [0.15, 0.2) is 6.73 Å². The summed E-state index contributed by atoms with van der Waals surface area (Å²) in [5.41, 5.74) is 1.01. The predicted octanol–water partition coefficient (Wildman–Crippen LogP) is 1.54. The van der Waals surface area contributed by atoms with Crippen molar-refractivity contribution in [2.75, 3.05) is 6.73 Å². The standard InChI is InChI=1S/C8H11NO/c1-3-5-7-8(4-2)10-6-9-7/h3-5,9H,2,6H2,1H3/b5-3-. The van der Waals surface area contributed by atoms with Crippen LogP contribution in [0, 0.1) is 0 Å². The first-order valence-electron chi connectivity index (χ1n) is 3.24. The van der Waals surface area contributed by atoms with Gasteiger partial charge >= 0.3 is 0 Å². The molecule has 0 aliphatic carbocycles. The van der Waals surface area contributed by atoms with Crippen molar-refractivity contribution < 1.29 is 4.74 Å². The van der Waals surface area contributed by atoms with Crippen molar-refractivity contribution in [3.05, 3.63) is 36.3 Å². The molecule has 1 aliphatic rings. The van der Waals surface area contributed by atoms with Crippen LogP contribution < -0.4 is 5.32 Å². The summed E-state index contributed by atoms with van der Waals surface area (Å²) in [5.74, 6) is 0.832. The molecular formula is C8H11NO. The molecule has 2 nitrogen and oxygen atoms in total. The Labute approximate surface area is 60.9 Å². The van der Waals surface area contributed by atoms with Gasteiger partial charge < -0.3 is 10.1 Å². The maximum atomic E-state index is 5.17. The molecule has 1 aliphatic heterocycles. The van der Waals surface area contributed by atoms with Crippen LogP contribution in [0.2, 0.25) is 0 Å². The monoisotopic (exact) mass is 137 g/mol. The van der Waals surface area contributed by atoms with Gasteiger partial charge in [0.25, 0.3) is 0 Å². The van der Waals surface area contributed by atoms with Crippen molar-refractivity contribution >= 4 is 0 Å². The lowest BCUT2D eigenvalue weighted by Gasteiger charge is -1.91. The molecule has 0 fully saturated rings. The third-order valence-corrected chi connectivity index (χ3v) is 1.27. The topological polar surface area (TPSA) is 21.3 Å². The highest BCUT2D eigenvalue weighted by Crippen LogP contribution is 2.11. The Morgan fingerprint density at radius 3 is 3.10 bits per heavy atom. The normalized spacial score (nSPS) is 17.3. The Bertz CT molecular complexity index is 191. The lowest BCUT2D eigenvalue weighted by molar-refractivity contribution is 0.244. The van der Waals surface area contributed by atoms with E-state index in [1.54, 1.807) is 6.08 Å². The SMILES string of the molecule is C=CC1=C(/C=C\C)NCO1. The van der Waals surface area contributed by atoms with Crippen molar-refractivity contribution in [1.82, 2.24) is 5.32 Å². The summed E-state index contributed by atoms with van der Waals surface area (Å²) >= 11 is 0. The third-order valence-electron chi connectivity index (χ3n) is 1.27. The van der Waals surface area contributed by atoms with E-state index in [2.05, 4.69) is 11.9 Å². The second kappa shape index (κ2) is 3.11. The van der Waals surface area contributed by atoms with E-state index >= 15 is 0 Å². The molecule has 0 saturated carbocycles. The molecular weight excluding hydrogens is 126 g/mol. The zero-order chi connectivity index (χ0) is 7.40. The second-order valence-electron chi connectivity index (χ2n) is 1.95. The van der Waals surface area contributed by atoms with Crippen LogP contribution in [0.1, 0.15) is 6.92 Å². The van der Waals surface area contributed by atoms with Gasteiger partial charge in [-0.05, 0) is 19.1 Å². The van der Waals surface area contributed by atoms with Crippen LogP contribution in [0.3, 0.4) is 0 Å². The minimum atomic E-state index is 0.557. The third kappa shape index (κ3) is 1.21. The highest BCUT2D eigenvalue weighted by atomic mass is 16.5. The molecule has 0 unspecified atom stereocenters. The Kier molecular flexibility index (Phi) is 2.15. The lowest BCUT2D eigenvalue weighted by Crippen LogP contribution is -2.05. The van der Waals surface area contributed by atoms with Crippen molar-refractivity contribution in [2.45, 2.75) is 6.92 Å². The van der Waals surface area contributed by atoms with E-state index in [0.29, 0.717) is 6.73 Å². The molecule has 10 heavy (non-hydrogen) atoms. The number of nitrogens with one attached hydrogen (secondary N) is 1. The predicted molar refractivity (Wildman–Crippen MR) is 41.1 cm³/mol. The summed E-state index contributed by atoms with van der Waals surface area (Å²) in [7, 11) is 0. The summed E-state index contributed by atoms with van der Waals surface area (Å²) in [6, 6.07) is 0. The highest BCUT2D eigenvalue weighted by molar-refractivity contribution is 5.28. The maximum Gasteiger partial charge on any atom is 0.159 e. The zero-order valence-corrected chi connectivity index (χ0v) is 6.05. The molecule has 0 radical (unpaired) electrons. The zero-order valence-electron chi connectivity index (χ0n) is 6.05. The number of rotatable bonds is 2. The van der Waals surface area contributed by atoms with Gasteiger partial charge in [-0.1, -0.05) is 12.7 Å². The van der Waals surface area contributed by atoms with E-state index in [-0.39, 0.29) is 0 Å². The van der Waals surface area contributed by atoms with Crippen LogP contribution >= 0.6 is 0 Å². The van der Waals surface area contributed by atoms with Gasteiger partial charge in [0, 0.05) is 0 Å². The Morgan fingerprint density at radius 1 is 1.70 bits per heavy atom. The van der Waals surface area contributed by atoms with Gasteiger partial charge in [-0.3, -0.25) is 0 Å². The Balaban J connectivity index is 2.77. The molecule has 1 rings (SSSR count). The number of ether oxygens (including phenoxy) is 1. The largest absolute Gasteiger partial charge is 0.471 e. The van der Waals surface area contributed by atoms with E-state index < -0.39 is 0 Å². The smallest absolute Gasteiger partial charge is 0.159 e. The molecule has 0 aromatic rings. The molecule has 0 bridgehead atoms. The van der Waals surface area contributed by atoms with Crippen molar-refractivity contribution in [1.29, 1.82) is 0 Å². The first-order chi connectivity index (χ1) is 4.88. The first kappa shape index (κ1) is 6.93. The van der Waals surface area contributed by atoms with Gasteiger partial charge in [0.05, 0.1) is 5.70 Å². The summed E-state index contributed by atoms with van der Waals surface area (Å²) in [4.78, 5) is 0. The van der Waals surface area contributed by atoms with Crippen LogP contribution in [-0.2, 0) is 4.74 Å². The van der Waals surface area contributed by atoms with Crippen LogP contribution in [0.5, 0.6) is 0 Å². The van der Waals surface area contributed by atoms with Crippen molar-refractivity contribution in [3.63, 3.8) is 0 Å². The summed E-state index contributed by atoms with van der Waals surface area (Å²) < 4.78 is 5.17. The van der Waals surface area contributed by atoms with Gasteiger partial charge in [-0.15, -0.1) is 0 Å². The molecule has 1 heterocycles. The number of hydrogen-bond acceptors (Lipinski definition) is 2. The molecule has 2 heteroatoms. The fraction of sp³-hybridized carbons (Fsp3) is 0.250. The molecule has 0 aromatic heterocycles. The molecule has 0 aromatic carbocycles. The number of allylic oxidation sites excluding steroid dienone is 3. The molecule has 0 saturated heterocycles. The van der Waals surface area contributed by atoms with E-state index in [1.807, 2.05) is 19.1 Å². The van der Waals surface area contributed by atoms with Crippen LogP contribution in [0.15, 0.2) is 36.3 Å². The maximum absolute atomic E-state index is 5.17. The second-order valence-corrected chi connectivity index (χ2v) is 1.95. The fourth-order valence-electron chi connectivity index (χ4n) is 0.833. The summed E-state index contributed by atoms with van der Waals surface area (Å²) in [5, 5.41) is 3.06. The van der Waals surface area contributed by atoms with E-state index in [0.717, 1.165) is 11.5 Å². The highest BCUT2D eigenvalue weighted by Gasteiger charge is 2.07. The Hall–Kier alpha value is -1.18. The molecule has 0 amide bonds. The molecule has 1 N–H and O–H groups in total. The quantitative estimate of drug-likeness (QED) is 0.623. The van der Waals surface area contributed by atoms with E-state index in [9.17, 15) is 0 Å². The lowest BCUT2D eigenvalue weighted by atomic mass is 10.3. The average Bonchev–Trinajstić information content (AvgIpc) is 2.36. The van der Waals surface area contributed by atoms with Gasteiger partial charge in [-0.2, -0.15) is 0 Å². The van der Waals surface area contributed by atoms with Gasteiger partial charge in [0.2, 0.25) is 0 Å². The van der Waals surface area contributed by atoms with Crippen molar-refractivity contribution in [3.8, 4) is 0 Å². The van der Waals surface area contributed by atoms with Crippen LogP contribution in [0.4, 0.5) is 0 Å². The van der Waals surface area contributed by atoms with Gasteiger partial charge in [-0.25, -0.2) is 0 Å². The molecule has 0 spiro atoms. The van der Waals surface area contributed by atoms with Gasteiger partial charge in [0.1, 0.15) is 5.76 Å². The minimum Gasteiger partial charge on any atom is -0.471 e. The van der Waals surface area contributed by atoms with Crippen molar-refractivity contribution in [2.24, 2.45) is 0 Å². The van der Waals surface area contributed by atoms with Crippen LogP contribution in [-0.4, -0.2) is 6.73 Å². The minimum absolute atomic E-state index is 0.557. The summed E-state index contributed by atoms with van der Waals surface area (Å²) in [6.45, 7) is 6.14. The number of hydrogen-bond donors (Lipinski definition) is 1. The Morgan fingerprint density at radius 2 is 2.50 bits per heavy atom. The average molecular weight is 137 g/mol. The molecule has 54 valence electrons. The summed E-state index contributed by atoms with van der Waals surface area (Å²) in [6.07, 6.45) is 5.62. The van der Waals surface area contributed by atoms with E-state index in [1.165, 1.54) is 0 Å². The first-order valence-corrected chi connectivity index (χ1v) is 3.24. The van der Waals surface area contributed by atoms with Crippen LogP contribution in [0.25, 0.3) is 0 Å².